The van der Waals surface area contributed by atoms with Crippen LogP contribution in [0.4, 0.5) is 13.2 Å². The van der Waals surface area contributed by atoms with Crippen LogP contribution < -0.4 is 15.0 Å². The molecule has 0 spiro atoms. The van der Waals surface area contributed by atoms with Crippen LogP contribution in [0.1, 0.15) is 18.7 Å². The molecule has 2 N–H and O–H groups in total. The molecule has 37 heavy (non-hydrogen) atoms. The van der Waals surface area contributed by atoms with Gasteiger partial charge in [0.05, 0.1) is 4.90 Å². The van der Waals surface area contributed by atoms with Gasteiger partial charge < -0.3 is 18.7 Å². The van der Waals surface area contributed by atoms with E-state index in [1.54, 1.807) is 0 Å². The number of halogens is 3. The number of amides is 1. The Labute approximate surface area is 208 Å². The van der Waals surface area contributed by atoms with Gasteiger partial charge in [0.2, 0.25) is 5.82 Å². The minimum atomic E-state index is -4.80. The van der Waals surface area contributed by atoms with Crippen molar-refractivity contribution in [2.45, 2.75) is 35.5 Å². The monoisotopic (exact) mass is 543 g/mol. The molecule has 3 aromatic rings. The summed E-state index contributed by atoms with van der Waals surface area (Å²) in [6.45, 7) is -0.0838. The molecular weight excluding hydrogens is 523 g/mol. The van der Waals surface area contributed by atoms with Crippen molar-refractivity contribution in [3.63, 3.8) is 0 Å². The maximum atomic E-state index is 13.3. The minimum Gasteiger partial charge on any atom is -0.484 e. The van der Waals surface area contributed by atoms with Crippen molar-refractivity contribution >= 4 is 15.7 Å². The van der Waals surface area contributed by atoms with Crippen LogP contribution in [0.5, 0.6) is 11.5 Å². The topological polar surface area (TPSA) is 150 Å². The number of sulfone groups is 1. The molecule has 1 aliphatic heterocycles. The SMILES string of the molecule is O=C(NO)C1(S(=O)(=O)c2ccc(OCc3nc(-c4ccc(OC(F)(F)F)cc4)no3)cc2)CCOCC1. The first kappa shape index (κ1) is 26.4. The fraction of sp³-hybridized carbons (Fsp3) is 0.318. The van der Waals surface area contributed by atoms with Gasteiger partial charge in [0.1, 0.15) is 11.5 Å². The molecule has 0 unspecified atom stereocenters. The first-order valence-electron chi connectivity index (χ1n) is 10.7. The van der Waals surface area contributed by atoms with E-state index >= 15 is 0 Å². The number of alkyl halides is 3. The van der Waals surface area contributed by atoms with Crippen molar-refractivity contribution in [2.75, 3.05) is 13.2 Å². The number of hydrogen-bond acceptors (Lipinski definition) is 10. The van der Waals surface area contributed by atoms with E-state index < -0.39 is 32.6 Å². The predicted octanol–water partition coefficient (Wildman–Crippen LogP) is 3.04. The second-order valence-electron chi connectivity index (χ2n) is 7.90. The number of benzene rings is 2. The molecule has 198 valence electrons. The highest BCUT2D eigenvalue weighted by Crippen LogP contribution is 2.36. The van der Waals surface area contributed by atoms with Gasteiger partial charge in [-0.1, -0.05) is 5.16 Å². The number of ether oxygens (including phenoxy) is 3. The smallest absolute Gasteiger partial charge is 0.484 e. The molecule has 1 fully saturated rings. The van der Waals surface area contributed by atoms with Gasteiger partial charge in [-0.2, -0.15) is 4.98 Å². The van der Waals surface area contributed by atoms with Gasteiger partial charge >= 0.3 is 6.36 Å². The second-order valence-corrected chi connectivity index (χ2v) is 10.2. The number of rotatable bonds is 8. The molecule has 1 saturated heterocycles. The molecule has 1 amide bonds. The molecular formula is C22H20F3N3O8S. The van der Waals surface area contributed by atoms with Gasteiger partial charge in [-0.25, -0.2) is 13.9 Å². The Bertz CT molecular complexity index is 1340. The molecule has 1 aliphatic rings. The van der Waals surface area contributed by atoms with Crippen molar-refractivity contribution in [1.29, 1.82) is 0 Å². The summed E-state index contributed by atoms with van der Waals surface area (Å²) in [7, 11) is -4.18. The van der Waals surface area contributed by atoms with E-state index in [4.69, 9.17) is 19.2 Å². The fourth-order valence-corrected chi connectivity index (χ4v) is 5.68. The lowest BCUT2D eigenvalue weighted by atomic mass is 9.98. The van der Waals surface area contributed by atoms with Crippen LogP contribution in [-0.2, 0) is 26.0 Å². The zero-order valence-electron chi connectivity index (χ0n) is 18.9. The molecule has 0 bridgehead atoms. The quantitative estimate of drug-likeness (QED) is 0.321. The maximum absolute atomic E-state index is 13.3. The fourth-order valence-electron chi connectivity index (χ4n) is 3.74. The number of nitrogens with one attached hydrogen (secondary N) is 1. The molecule has 15 heteroatoms. The number of nitrogens with zero attached hydrogens (tertiary/aromatic N) is 2. The lowest BCUT2D eigenvalue weighted by molar-refractivity contribution is -0.274. The molecule has 1 aromatic heterocycles. The van der Waals surface area contributed by atoms with E-state index in [9.17, 15) is 26.4 Å². The lowest BCUT2D eigenvalue weighted by Crippen LogP contribution is -2.54. The largest absolute Gasteiger partial charge is 0.573 e. The first-order chi connectivity index (χ1) is 17.5. The van der Waals surface area contributed by atoms with Crippen molar-refractivity contribution in [1.82, 2.24) is 15.6 Å². The lowest BCUT2D eigenvalue weighted by Gasteiger charge is -2.34. The van der Waals surface area contributed by atoms with Crippen LogP contribution in [0.25, 0.3) is 11.4 Å². The molecule has 11 nitrogen and oxygen atoms in total. The van der Waals surface area contributed by atoms with Gasteiger partial charge in [0.15, 0.2) is 21.2 Å². The Hall–Kier alpha value is -3.69. The Morgan fingerprint density at radius 3 is 2.27 bits per heavy atom. The third kappa shape index (κ3) is 5.68. The molecule has 0 aliphatic carbocycles. The summed E-state index contributed by atoms with van der Waals surface area (Å²) in [4.78, 5) is 16.3. The van der Waals surface area contributed by atoms with Crippen molar-refractivity contribution < 1.29 is 50.3 Å². The summed E-state index contributed by atoms with van der Waals surface area (Å²) in [6, 6.07) is 10.2. The van der Waals surface area contributed by atoms with Gasteiger partial charge in [-0.3, -0.25) is 10.0 Å². The van der Waals surface area contributed by atoms with Crippen LogP contribution in [0, 0.1) is 0 Å². The number of carbonyl (C=O) groups excluding carboxylic acids is 1. The molecule has 0 saturated carbocycles. The summed E-state index contributed by atoms with van der Waals surface area (Å²) in [5.74, 6) is -0.982. The average Bonchev–Trinajstić information content (AvgIpc) is 3.36. The summed E-state index contributed by atoms with van der Waals surface area (Å²) >= 11 is 0. The number of hydroxylamine groups is 1. The van der Waals surface area contributed by atoms with E-state index in [0.29, 0.717) is 5.56 Å². The Morgan fingerprint density at radius 1 is 1.05 bits per heavy atom. The second kappa shape index (κ2) is 10.4. The van der Waals surface area contributed by atoms with E-state index in [-0.39, 0.29) is 55.0 Å². The van der Waals surface area contributed by atoms with Crippen LogP contribution in [-0.4, -0.2) is 54.0 Å². The summed E-state index contributed by atoms with van der Waals surface area (Å²) in [5, 5.41) is 12.9. The van der Waals surface area contributed by atoms with Gasteiger partial charge in [-0.05, 0) is 61.4 Å². The average molecular weight is 543 g/mol. The Kier molecular flexibility index (Phi) is 7.38. The van der Waals surface area contributed by atoms with Crippen LogP contribution in [0.15, 0.2) is 57.9 Å². The van der Waals surface area contributed by atoms with Gasteiger partial charge in [-0.15, -0.1) is 13.2 Å². The first-order valence-corrected chi connectivity index (χ1v) is 12.2. The summed E-state index contributed by atoms with van der Waals surface area (Å²) in [6.07, 6.45) is -5.03. The van der Waals surface area contributed by atoms with E-state index in [1.807, 2.05) is 0 Å². The molecule has 2 heterocycles. The van der Waals surface area contributed by atoms with Crippen molar-refractivity contribution in [3.05, 3.63) is 54.4 Å². The Morgan fingerprint density at radius 2 is 1.68 bits per heavy atom. The van der Waals surface area contributed by atoms with Gasteiger partial charge in [0, 0.05) is 18.8 Å². The summed E-state index contributed by atoms with van der Waals surface area (Å²) in [5.41, 5.74) is 1.84. The minimum absolute atomic E-state index is 0.0471. The summed E-state index contributed by atoms with van der Waals surface area (Å²) < 4.78 is 81.2. The normalized spacial score (nSPS) is 15.7. The van der Waals surface area contributed by atoms with Gasteiger partial charge in [0.25, 0.3) is 11.8 Å². The predicted molar refractivity (Wildman–Crippen MR) is 117 cm³/mol. The molecule has 4 rings (SSSR count). The third-order valence-corrected chi connectivity index (χ3v) is 8.16. The maximum Gasteiger partial charge on any atom is 0.573 e. The molecule has 0 radical (unpaired) electrons. The molecule has 0 atom stereocenters. The van der Waals surface area contributed by atoms with E-state index in [0.717, 1.165) is 12.1 Å². The van der Waals surface area contributed by atoms with Crippen molar-refractivity contribution in [2.24, 2.45) is 0 Å². The molecule has 2 aromatic carbocycles. The number of aromatic nitrogens is 2. The number of hydrogen-bond donors (Lipinski definition) is 2. The van der Waals surface area contributed by atoms with Crippen molar-refractivity contribution in [3.8, 4) is 22.9 Å². The van der Waals surface area contributed by atoms with E-state index in [1.165, 1.54) is 41.9 Å². The van der Waals surface area contributed by atoms with Crippen LogP contribution in [0.3, 0.4) is 0 Å². The third-order valence-electron chi connectivity index (χ3n) is 5.64. The highest BCUT2D eigenvalue weighted by atomic mass is 32.2. The standard InChI is InChI=1S/C22H20F3N3O8S/c23-22(24,25)35-16-3-1-14(2-4-16)19-26-18(36-28-19)13-34-15-5-7-17(8-6-15)37(31,32)21(20(29)27-30)9-11-33-12-10-21/h1-8,30H,9-13H2,(H,27,29). The Balaban J connectivity index is 1.41. The van der Waals surface area contributed by atoms with Crippen LogP contribution >= 0.6 is 0 Å². The van der Waals surface area contributed by atoms with E-state index in [2.05, 4.69) is 14.9 Å². The highest BCUT2D eigenvalue weighted by molar-refractivity contribution is 7.93. The zero-order valence-corrected chi connectivity index (χ0v) is 19.7. The van der Waals surface area contributed by atoms with Crippen LogP contribution in [0.2, 0.25) is 0 Å². The highest BCUT2D eigenvalue weighted by Gasteiger charge is 2.52. The zero-order chi connectivity index (χ0) is 26.7. The number of carbonyl (C=O) groups is 1.